The van der Waals surface area contributed by atoms with E-state index < -0.39 is 0 Å². The van der Waals surface area contributed by atoms with Crippen LogP contribution in [0.1, 0.15) is 236 Å². The molecule has 0 amide bonds. The zero-order valence-corrected chi connectivity index (χ0v) is 74.7. The van der Waals surface area contributed by atoms with Crippen molar-refractivity contribution >= 4 is 16.8 Å². The van der Waals surface area contributed by atoms with Crippen LogP contribution in [0.2, 0.25) is 0 Å². The van der Waals surface area contributed by atoms with E-state index in [-0.39, 0.29) is 16.8 Å². The highest BCUT2D eigenvalue weighted by Gasteiger charge is 2.32. The van der Waals surface area contributed by atoms with Crippen LogP contribution in [0.5, 0.6) is 0 Å². The first-order valence-corrected chi connectivity index (χ1v) is 47.0. The first-order chi connectivity index (χ1) is 61.2. The Balaban J connectivity index is 0.000000213. The fourth-order valence-corrected chi connectivity index (χ4v) is 19.9. The molecule has 4 heterocycles. The normalized spacial score (nSPS) is 17.1. The summed E-state index contributed by atoms with van der Waals surface area (Å²) in [7, 11) is 0. The van der Waals surface area contributed by atoms with Crippen molar-refractivity contribution in [2.24, 2.45) is 0 Å². The third kappa shape index (κ3) is 28.8. The highest BCUT2D eigenvalue weighted by atomic mass is 16.6. The summed E-state index contributed by atoms with van der Waals surface area (Å²) in [6.45, 7) is 19.7. The van der Waals surface area contributed by atoms with E-state index in [4.69, 9.17) is 18.9 Å². The average Bonchev–Trinajstić information content (AvgIpc) is 1.61. The predicted octanol–water partition coefficient (Wildman–Crippen LogP) is 27.8. The third-order valence-electron chi connectivity index (χ3n) is 27.3. The molecule has 0 N–H and O–H groups in total. The molecule has 12 aromatic carbocycles. The molecule has 12 unspecified atom stereocenters. The van der Waals surface area contributed by atoms with E-state index in [0.29, 0.717) is 71.8 Å². The van der Waals surface area contributed by atoms with E-state index in [9.17, 15) is 0 Å². The fourth-order valence-electron chi connectivity index (χ4n) is 19.9. The monoisotopic (exact) mass is 1660 g/mol. The molecule has 4 nitrogen and oxygen atoms in total. The van der Waals surface area contributed by atoms with Gasteiger partial charge in [-0.3, -0.25) is 0 Å². The molecule has 16 rings (SSSR count). The molecule has 0 bridgehead atoms. The molecule has 4 aliphatic rings. The van der Waals surface area contributed by atoms with Crippen molar-refractivity contribution in [1.29, 1.82) is 0 Å². The van der Waals surface area contributed by atoms with Gasteiger partial charge in [0, 0.05) is 42.5 Å². The van der Waals surface area contributed by atoms with Crippen molar-refractivity contribution in [2.75, 3.05) is 26.4 Å². The Bertz CT molecular complexity index is 4880. The van der Waals surface area contributed by atoms with Crippen LogP contribution in [0.15, 0.2) is 366 Å². The molecular formula is C120H132B2O4. The van der Waals surface area contributed by atoms with Gasteiger partial charge >= 0.3 is 0 Å². The van der Waals surface area contributed by atoms with Crippen LogP contribution < -0.4 is 0 Å². The first-order valence-electron chi connectivity index (χ1n) is 47.0. The van der Waals surface area contributed by atoms with Gasteiger partial charge < -0.3 is 18.9 Å². The Kier molecular flexibility index (Phi) is 36.3. The third-order valence-corrected chi connectivity index (χ3v) is 27.3. The Morgan fingerprint density at radius 1 is 0.206 bits per heavy atom. The zero-order chi connectivity index (χ0) is 84.7. The van der Waals surface area contributed by atoms with Gasteiger partial charge in [0.2, 0.25) is 0 Å². The second kappa shape index (κ2) is 49.1. The minimum atomic E-state index is 0. The number of aryl methyl sites for hydroxylation is 4. The van der Waals surface area contributed by atoms with Crippen molar-refractivity contribution in [3.63, 3.8) is 0 Å². The molecule has 126 heavy (non-hydrogen) atoms. The summed E-state index contributed by atoms with van der Waals surface area (Å²) in [5, 5.41) is 0. The summed E-state index contributed by atoms with van der Waals surface area (Å²) < 4.78 is 22.6. The molecule has 4 aliphatic heterocycles. The van der Waals surface area contributed by atoms with E-state index in [1.54, 1.807) is 0 Å². The summed E-state index contributed by atoms with van der Waals surface area (Å²) in [6.07, 6.45) is 35.1. The molecule has 12 aromatic rings. The molecule has 0 saturated carbocycles. The smallest absolute Gasteiger partial charge is 0.0850 e. The van der Waals surface area contributed by atoms with Crippen molar-refractivity contribution in [3.8, 4) is 0 Å². The van der Waals surface area contributed by atoms with Crippen LogP contribution in [0.25, 0.3) is 0 Å². The minimum absolute atomic E-state index is 0. The number of rotatable bonds is 50. The molecule has 4 saturated heterocycles. The van der Waals surface area contributed by atoms with Gasteiger partial charge in [0.25, 0.3) is 0 Å². The maximum absolute atomic E-state index is 5.69. The molecule has 0 aliphatic carbocycles. The summed E-state index contributed by atoms with van der Waals surface area (Å²) >= 11 is 0. The highest BCUT2D eigenvalue weighted by molar-refractivity contribution is 5.76. The average molecular weight is 1660 g/mol. The van der Waals surface area contributed by atoms with Crippen LogP contribution in [0, 0.1) is 0 Å². The Hall–Kier alpha value is -10.4. The second-order valence-corrected chi connectivity index (χ2v) is 36.1. The van der Waals surface area contributed by atoms with Crippen LogP contribution in [-0.2, 0) is 96.0 Å². The van der Waals surface area contributed by atoms with E-state index >= 15 is 0 Å². The maximum Gasteiger partial charge on any atom is 0.0850 e. The molecule has 0 spiro atoms. The second-order valence-electron chi connectivity index (χ2n) is 36.1. The van der Waals surface area contributed by atoms with Gasteiger partial charge in [0.15, 0.2) is 0 Å². The van der Waals surface area contributed by atoms with Crippen molar-refractivity contribution in [3.05, 3.63) is 477 Å². The topological polar surface area (TPSA) is 50.1 Å². The van der Waals surface area contributed by atoms with Crippen molar-refractivity contribution in [1.82, 2.24) is 0 Å². The SMILES string of the molecule is C=CCc1ccc(C(CCc2ccccc2CC=C)CC(CCC(CC(CCc2ccccc2CC=C)c2ccc(CC=C)cc2)c2ccccc2)c2ccccc2)cc1.[B].[B].c1ccc(C(CCC(CC(CCc2ccccc2CC2CO2)c2ccc(CC3CO3)cc2)c2ccccc2)CC(CCc2ccccc2CC2CO2)c2ccc(CC3CO3)cc2)cc1. The van der Waals surface area contributed by atoms with Gasteiger partial charge in [-0.15, -0.1) is 26.3 Å². The maximum atomic E-state index is 5.69. The summed E-state index contributed by atoms with van der Waals surface area (Å²) in [5.41, 5.74) is 28.6. The lowest BCUT2D eigenvalue weighted by atomic mass is 9.76. The van der Waals surface area contributed by atoms with Crippen LogP contribution >= 0.6 is 0 Å². The van der Waals surface area contributed by atoms with Gasteiger partial charge in [-0.05, 0) is 287 Å². The predicted molar refractivity (Wildman–Crippen MR) is 530 cm³/mol. The lowest BCUT2D eigenvalue weighted by Gasteiger charge is -2.29. The molecule has 6 heteroatoms. The molecule has 0 aromatic heterocycles. The van der Waals surface area contributed by atoms with Crippen molar-refractivity contribution < 1.29 is 18.9 Å². The number of allylic oxidation sites excluding steroid dienone is 4. The van der Waals surface area contributed by atoms with E-state index in [2.05, 4.69) is 342 Å². The quantitative estimate of drug-likeness (QED) is 0.0217. The Labute approximate surface area is 760 Å². The van der Waals surface area contributed by atoms with Gasteiger partial charge in [-0.1, -0.05) is 340 Å². The van der Waals surface area contributed by atoms with E-state index in [1.807, 2.05) is 24.3 Å². The fraction of sp³-hybridized carbons (Fsp3) is 0.333. The van der Waals surface area contributed by atoms with Crippen LogP contribution in [0.4, 0.5) is 0 Å². The summed E-state index contributed by atoms with van der Waals surface area (Å²) in [6, 6.07) is 120. The summed E-state index contributed by atoms with van der Waals surface area (Å²) in [5.74, 6) is 3.46. The summed E-state index contributed by atoms with van der Waals surface area (Å²) in [4.78, 5) is 0. The Morgan fingerprint density at radius 2 is 0.397 bits per heavy atom. The van der Waals surface area contributed by atoms with Gasteiger partial charge in [-0.2, -0.15) is 0 Å². The standard InChI is InChI=1S/C60H66O4.C60H66.2B/c1-3-11-45(12-4-1)53(35-55(49-23-19-43(20-24-49)33-57-39-61-57)29-27-47-15-7-9-17-51(47)37-59-41-63-59)31-32-54(46-13-5-2-6-14-46)36-56(50-25-21-44(22-26-50)34-58-40-62-58)30-28-48-16-8-10-18-52(48)38-60-42-64-60;1-5-19-47-31-35-55(36-32-47)59(41-39-53-29-17-15-27-49(53)21-7-3)45-57(51-23-11-9-12-24-51)43-44-58(52-25-13-10-14-26-52)46-60(56-37-33-48(20-6-2)34-38-56)42-40-54-30-18-16-28-50(54)22-8-4;;/h1-26,53-60H,27-42H2;5-18,23-38,57-60H,1-4,19-22,39-46H2;;. The molecule has 12 atom stereocenters. The largest absolute Gasteiger partial charge is 0.373 e. The number of benzene rings is 12. The number of ether oxygens (including phenoxy) is 4. The molecule has 642 valence electrons. The Morgan fingerprint density at radius 3 is 0.635 bits per heavy atom. The zero-order valence-electron chi connectivity index (χ0n) is 74.7. The van der Waals surface area contributed by atoms with E-state index in [0.717, 1.165) is 181 Å². The molecular weight excluding hydrogens is 1530 g/mol. The lowest BCUT2D eigenvalue weighted by molar-refractivity contribution is 0.406. The number of hydrogen-bond donors (Lipinski definition) is 0. The molecule has 4 fully saturated rings. The highest BCUT2D eigenvalue weighted by Crippen LogP contribution is 2.45. The first kappa shape index (κ1) is 93.2. The van der Waals surface area contributed by atoms with E-state index in [1.165, 1.54) is 111 Å². The van der Waals surface area contributed by atoms with Gasteiger partial charge in [-0.25, -0.2) is 0 Å². The van der Waals surface area contributed by atoms with Crippen molar-refractivity contribution in [2.45, 2.75) is 226 Å². The van der Waals surface area contributed by atoms with Crippen LogP contribution in [0.3, 0.4) is 0 Å². The van der Waals surface area contributed by atoms with Gasteiger partial charge in [0.05, 0.1) is 50.8 Å². The van der Waals surface area contributed by atoms with Crippen LogP contribution in [-0.4, -0.2) is 67.7 Å². The van der Waals surface area contributed by atoms with Gasteiger partial charge in [0.1, 0.15) is 0 Å². The minimum Gasteiger partial charge on any atom is -0.373 e. The lowest BCUT2D eigenvalue weighted by Crippen LogP contribution is -2.13. The number of hydrogen-bond acceptors (Lipinski definition) is 4. The molecule has 6 radical (unpaired) electrons. The number of epoxide rings is 4.